The van der Waals surface area contributed by atoms with E-state index in [2.05, 4.69) is 25.1 Å². The summed E-state index contributed by atoms with van der Waals surface area (Å²) in [5.41, 5.74) is 0.870. The Hall–Kier alpha value is -3.74. The van der Waals surface area contributed by atoms with Gasteiger partial charge in [0.25, 0.3) is 11.8 Å². The fourth-order valence-corrected chi connectivity index (χ4v) is 3.29. The van der Waals surface area contributed by atoms with Gasteiger partial charge in [-0.05, 0) is 19.1 Å². The van der Waals surface area contributed by atoms with Crippen LogP contribution in [0, 0.1) is 6.92 Å². The van der Waals surface area contributed by atoms with Crippen molar-refractivity contribution in [1.82, 2.24) is 25.5 Å². The van der Waals surface area contributed by atoms with Crippen molar-refractivity contribution in [2.24, 2.45) is 0 Å². The zero-order valence-corrected chi connectivity index (χ0v) is 17.3. The Balaban J connectivity index is 1.39. The molecular weight excluding hydrogens is 447 g/mol. The van der Waals surface area contributed by atoms with Crippen molar-refractivity contribution in [3.05, 3.63) is 53.2 Å². The molecule has 3 aromatic rings. The number of nitrogens with zero attached hydrogens (tertiary/aromatic N) is 4. The average Bonchev–Trinajstić information content (AvgIpc) is 3.47. The van der Waals surface area contributed by atoms with E-state index in [1.54, 1.807) is 11.8 Å². The van der Waals surface area contributed by atoms with E-state index in [1.165, 1.54) is 30.5 Å². The molecule has 2 aromatic heterocycles. The predicted molar refractivity (Wildman–Crippen MR) is 104 cm³/mol. The van der Waals surface area contributed by atoms with E-state index < -0.39 is 24.0 Å². The van der Waals surface area contributed by atoms with Crippen LogP contribution in [0.2, 0.25) is 0 Å². The number of morpholine rings is 1. The Morgan fingerprint density at radius 2 is 1.97 bits per heavy atom. The largest absolute Gasteiger partial charge is 0.471 e. The van der Waals surface area contributed by atoms with Crippen LogP contribution in [0.4, 0.5) is 13.2 Å². The third-order valence-electron chi connectivity index (χ3n) is 5.04. The van der Waals surface area contributed by atoms with E-state index in [1.807, 2.05) is 0 Å². The number of aromatic nitrogens is 3. The van der Waals surface area contributed by atoms with Gasteiger partial charge in [-0.1, -0.05) is 22.4 Å². The summed E-state index contributed by atoms with van der Waals surface area (Å²) in [5.74, 6) is -1.98. The number of rotatable bonds is 5. The number of carbonyl (C=O) groups excluding carboxylic acids is 2. The second-order valence-electron chi connectivity index (χ2n) is 7.23. The van der Waals surface area contributed by atoms with Crippen LogP contribution in [0.3, 0.4) is 0 Å². The fraction of sp³-hybridized carbons (Fsp3) is 0.350. The summed E-state index contributed by atoms with van der Waals surface area (Å²) in [5, 5.41) is 9.68. The summed E-state index contributed by atoms with van der Waals surface area (Å²) in [4.78, 5) is 30.3. The minimum Gasteiger partial charge on any atom is -0.377 e. The van der Waals surface area contributed by atoms with Crippen LogP contribution in [0.25, 0.3) is 11.4 Å². The molecule has 1 aromatic carbocycles. The SMILES string of the molecule is Cc1oncc1C(=O)N1CCOC[C@@H]1CNC(=O)c1ccc(-c2noc(C(F)(F)F)n2)cc1. The number of amides is 2. The molecule has 13 heteroatoms. The Morgan fingerprint density at radius 1 is 1.21 bits per heavy atom. The fourth-order valence-electron chi connectivity index (χ4n) is 3.29. The molecule has 0 spiro atoms. The van der Waals surface area contributed by atoms with E-state index in [0.29, 0.717) is 24.5 Å². The molecule has 1 saturated heterocycles. The van der Waals surface area contributed by atoms with Crippen molar-refractivity contribution in [3.8, 4) is 11.4 Å². The molecule has 10 nitrogen and oxygen atoms in total. The molecule has 174 valence electrons. The van der Waals surface area contributed by atoms with Crippen molar-refractivity contribution in [3.63, 3.8) is 0 Å². The van der Waals surface area contributed by atoms with Gasteiger partial charge < -0.3 is 24.0 Å². The molecule has 33 heavy (non-hydrogen) atoms. The molecule has 0 bridgehead atoms. The molecule has 1 aliphatic heterocycles. The average molecular weight is 465 g/mol. The van der Waals surface area contributed by atoms with Crippen LogP contribution >= 0.6 is 0 Å². The standard InChI is InChI=1S/C20H18F3N5O5/c1-11-15(9-25-32-11)18(30)28-6-7-31-10-14(28)8-24-17(29)13-4-2-12(3-5-13)16-26-19(33-27-16)20(21,22)23/h2-5,9,14H,6-8,10H2,1H3,(H,24,29)/t14-/m0/s1. The number of aryl methyl sites for hydroxylation is 1. The summed E-state index contributed by atoms with van der Waals surface area (Å²) in [6.07, 6.45) is -3.39. The van der Waals surface area contributed by atoms with Gasteiger partial charge in [-0.3, -0.25) is 9.59 Å². The number of ether oxygens (including phenoxy) is 1. The number of benzene rings is 1. The first-order valence-electron chi connectivity index (χ1n) is 9.83. The predicted octanol–water partition coefficient (Wildman–Crippen LogP) is 2.32. The van der Waals surface area contributed by atoms with Gasteiger partial charge in [0.05, 0.1) is 25.5 Å². The molecule has 1 N–H and O–H groups in total. The number of hydrogen-bond donors (Lipinski definition) is 1. The van der Waals surface area contributed by atoms with E-state index in [4.69, 9.17) is 9.26 Å². The maximum Gasteiger partial charge on any atom is 0.471 e. The maximum absolute atomic E-state index is 12.8. The van der Waals surface area contributed by atoms with Crippen molar-refractivity contribution in [1.29, 1.82) is 0 Å². The van der Waals surface area contributed by atoms with Crippen LogP contribution in [0.5, 0.6) is 0 Å². The van der Waals surface area contributed by atoms with Crippen molar-refractivity contribution < 1.29 is 36.5 Å². The summed E-state index contributed by atoms with van der Waals surface area (Å²) in [7, 11) is 0. The molecule has 1 aliphatic rings. The van der Waals surface area contributed by atoms with Gasteiger partial charge in [-0.15, -0.1) is 0 Å². The lowest BCUT2D eigenvalue weighted by Gasteiger charge is -2.35. The Morgan fingerprint density at radius 3 is 2.61 bits per heavy atom. The van der Waals surface area contributed by atoms with Crippen LogP contribution in [-0.4, -0.2) is 64.4 Å². The van der Waals surface area contributed by atoms with E-state index in [0.717, 1.165) is 0 Å². The van der Waals surface area contributed by atoms with Crippen LogP contribution < -0.4 is 5.32 Å². The van der Waals surface area contributed by atoms with E-state index in [9.17, 15) is 22.8 Å². The molecule has 1 fully saturated rings. The third kappa shape index (κ3) is 4.87. The lowest BCUT2D eigenvalue weighted by Crippen LogP contribution is -2.53. The first kappa shape index (κ1) is 22.5. The topological polar surface area (TPSA) is 124 Å². The quantitative estimate of drug-likeness (QED) is 0.609. The molecule has 4 rings (SSSR count). The molecular formula is C20H18F3N5O5. The molecule has 0 radical (unpaired) electrons. The second kappa shape index (κ2) is 9.02. The third-order valence-corrected chi connectivity index (χ3v) is 5.04. The number of hydrogen-bond acceptors (Lipinski definition) is 8. The maximum atomic E-state index is 12.8. The van der Waals surface area contributed by atoms with Crippen LogP contribution in [-0.2, 0) is 10.9 Å². The highest BCUT2D eigenvalue weighted by Gasteiger charge is 2.38. The van der Waals surface area contributed by atoms with E-state index in [-0.39, 0.29) is 36.0 Å². The lowest BCUT2D eigenvalue weighted by molar-refractivity contribution is -0.159. The van der Waals surface area contributed by atoms with Crippen LogP contribution in [0.15, 0.2) is 39.5 Å². The zero-order chi connectivity index (χ0) is 23.6. The molecule has 0 aliphatic carbocycles. The van der Waals surface area contributed by atoms with Crippen LogP contribution in [0.1, 0.15) is 32.4 Å². The van der Waals surface area contributed by atoms with Gasteiger partial charge in [0.2, 0.25) is 5.82 Å². The number of alkyl halides is 3. The van der Waals surface area contributed by atoms with Gasteiger partial charge in [-0.2, -0.15) is 18.2 Å². The summed E-state index contributed by atoms with van der Waals surface area (Å²) >= 11 is 0. The second-order valence-corrected chi connectivity index (χ2v) is 7.23. The van der Waals surface area contributed by atoms with Gasteiger partial charge in [-0.25, -0.2) is 0 Å². The molecule has 0 saturated carbocycles. The first-order valence-corrected chi connectivity index (χ1v) is 9.83. The number of halogens is 3. The lowest BCUT2D eigenvalue weighted by atomic mass is 10.1. The Bertz CT molecular complexity index is 1140. The van der Waals surface area contributed by atoms with E-state index >= 15 is 0 Å². The molecule has 2 amide bonds. The van der Waals surface area contributed by atoms with Gasteiger partial charge in [0.15, 0.2) is 0 Å². The minimum atomic E-state index is -4.74. The van der Waals surface area contributed by atoms with Crippen molar-refractivity contribution in [2.75, 3.05) is 26.3 Å². The monoisotopic (exact) mass is 465 g/mol. The Labute approximate surface area is 184 Å². The normalized spacial score (nSPS) is 16.6. The highest BCUT2D eigenvalue weighted by atomic mass is 19.4. The first-order chi connectivity index (χ1) is 15.7. The smallest absolute Gasteiger partial charge is 0.377 e. The Kier molecular flexibility index (Phi) is 6.14. The number of carbonyl (C=O) groups is 2. The highest BCUT2D eigenvalue weighted by Crippen LogP contribution is 2.29. The summed E-state index contributed by atoms with van der Waals surface area (Å²) in [6, 6.07) is 5.27. The zero-order valence-electron chi connectivity index (χ0n) is 17.3. The minimum absolute atomic E-state index is 0.135. The molecule has 1 atom stereocenters. The molecule has 0 unspecified atom stereocenters. The highest BCUT2D eigenvalue weighted by molar-refractivity contribution is 5.96. The van der Waals surface area contributed by atoms with Gasteiger partial charge in [0.1, 0.15) is 11.3 Å². The van der Waals surface area contributed by atoms with Crippen molar-refractivity contribution >= 4 is 11.8 Å². The van der Waals surface area contributed by atoms with Gasteiger partial charge >= 0.3 is 12.1 Å². The molecule has 3 heterocycles. The summed E-state index contributed by atoms with van der Waals surface area (Å²) < 4.78 is 52.5. The van der Waals surface area contributed by atoms with Crippen molar-refractivity contribution in [2.45, 2.75) is 19.1 Å². The number of nitrogens with one attached hydrogen (secondary N) is 1. The summed E-state index contributed by atoms with van der Waals surface area (Å²) in [6.45, 7) is 2.74. The van der Waals surface area contributed by atoms with Gasteiger partial charge in [0, 0.05) is 24.2 Å².